The van der Waals surface area contributed by atoms with Crippen LogP contribution in [0.1, 0.15) is 25.6 Å². The van der Waals surface area contributed by atoms with Gasteiger partial charge in [-0.1, -0.05) is 12.1 Å². The largest absolute Gasteiger partial charge is 0.496 e. The van der Waals surface area contributed by atoms with Gasteiger partial charge in [0.2, 0.25) is 0 Å². The molecule has 1 saturated carbocycles. The molecule has 0 unspecified atom stereocenters. The van der Waals surface area contributed by atoms with Crippen molar-refractivity contribution in [3.05, 3.63) is 24.0 Å². The molecule has 2 N–H and O–H groups in total. The normalized spacial score (nSPS) is 16.6. The van der Waals surface area contributed by atoms with Crippen LogP contribution in [0.15, 0.2) is 22.7 Å². The third-order valence-electron chi connectivity index (χ3n) is 3.42. The summed E-state index contributed by atoms with van der Waals surface area (Å²) in [6, 6.07) is 5.37. The maximum absolute atomic E-state index is 5.72. The maximum Gasteiger partial charge on any atom is 0.261 e. The molecule has 0 atom stereocenters. The zero-order valence-corrected chi connectivity index (χ0v) is 10.4. The summed E-state index contributed by atoms with van der Waals surface area (Å²) in [5.74, 6) is 1.90. The van der Waals surface area contributed by atoms with E-state index in [0.717, 1.165) is 24.2 Å². The number of ether oxygens (including phenoxy) is 1. The average Bonchev–Trinajstić information content (AvgIpc) is 2.93. The van der Waals surface area contributed by atoms with E-state index in [0.29, 0.717) is 17.3 Å². The summed E-state index contributed by atoms with van der Waals surface area (Å²) >= 11 is 0. The molecule has 0 aliphatic heterocycles. The molecule has 3 rings (SSSR count). The molecule has 1 aromatic carbocycles. The van der Waals surface area contributed by atoms with Crippen LogP contribution >= 0.6 is 0 Å². The van der Waals surface area contributed by atoms with Crippen LogP contribution in [-0.2, 0) is 5.41 Å². The summed E-state index contributed by atoms with van der Waals surface area (Å²) < 4.78 is 10.6. The highest BCUT2D eigenvalue weighted by Gasteiger charge is 2.43. The number of aromatic nitrogens is 2. The minimum Gasteiger partial charge on any atom is -0.496 e. The molecule has 1 fully saturated rings. The number of nitrogens with zero attached hydrogens (tertiary/aromatic N) is 2. The predicted molar refractivity (Wildman–Crippen MR) is 67.3 cm³/mol. The second-order valence-electron chi connectivity index (χ2n) is 4.94. The molecular weight excluding hydrogens is 230 g/mol. The zero-order valence-electron chi connectivity index (χ0n) is 10.4. The van der Waals surface area contributed by atoms with E-state index in [9.17, 15) is 0 Å². The molecule has 1 aliphatic carbocycles. The molecule has 94 valence electrons. The molecule has 5 heteroatoms. The second-order valence-corrected chi connectivity index (χ2v) is 4.94. The van der Waals surface area contributed by atoms with Crippen LogP contribution in [0.2, 0.25) is 0 Å². The van der Waals surface area contributed by atoms with Crippen LogP contribution in [0.5, 0.6) is 5.75 Å². The number of rotatable bonds is 3. The van der Waals surface area contributed by atoms with E-state index >= 15 is 0 Å². The molecular formula is C13H15N3O2. The average molecular weight is 245 g/mol. The lowest BCUT2D eigenvalue weighted by molar-refractivity contribution is 0.400. The van der Waals surface area contributed by atoms with Gasteiger partial charge in [0.05, 0.1) is 12.7 Å². The number of benzene rings is 1. The van der Waals surface area contributed by atoms with Crippen LogP contribution in [-0.4, -0.2) is 17.3 Å². The van der Waals surface area contributed by atoms with Crippen molar-refractivity contribution < 1.29 is 9.26 Å². The molecule has 1 aromatic heterocycles. The molecule has 18 heavy (non-hydrogen) atoms. The lowest BCUT2D eigenvalue weighted by Crippen LogP contribution is -2.01. The van der Waals surface area contributed by atoms with E-state index in [1.807, 2.05) is 6.07 Å². The Hall–Kier alpha value is -2.04. The molecule has 0 spiro atoms. The second kappa shape index (κ2) is 3.73. The molecule has 0 saturated heterocycles. The summed E-state index contributed by atoms with van der Waals surface area (Å²) in [7, 11) is 1.59. The van der Waals surface area contributed by atoms with Crippen LogP contribution in [0.3, 0.4) is 0 Å². The highest BCUT2D eigenvalue weighted by molar-refractivity contribution is 5.66. The van der Waals surface area contributed by atoms with Gasteiger partial charge in [0, 0.05) is 17.2 Å². The predicted octanol–water partition coefficient (Wildman–Crippen LogP) is 2.38. The molecule has 5 nitrogen and oxygen atoms in total. The van der Waals surface area contributed by atoms with Crippen molar-refractivity contribution in [2.24, 2.45) is 0 Å². The van der Waals surface area contributed by atoms with Gasteiger partial charge in [0.1, 0.15) is 5.75 Å². The number of hydrogen-bond donors (Lipinski definition) is 1. The molecule has 0 bridgehead atoms. The van der Waals surface area contributed by atoms with Crippen molar-refractivity contribution in [1.82, 2.24) is 10.1 Å². The van der Waals surface area contributed by atoms with E-state index in [4.69, 9.17) is 15.0 Å². The Morgan fingerprint density at radius 3 is 2.83 bits per heavy atom. The van der Waals surface area contributed by atoms with Crippen molar-refractivity contribution in [2.75, 3.05) is 12.8 Å². The fraction of sp³-hybridized carbons (Fsp3) is 0.385. The third-order valence-corrected chi connectivity index (χ3v) is 3.42. The van der Waals surface area contributed by atoms with Crippen molar-refractivity contribution >= 4 is 5.69 Å². The minimum absolute atomic E-state index is 0.1000. The fourth-order valence-corrected chi connectivity index (χ4v) is 1.87. The third kappa shape index (κ3) is 1.72. The molecule has 0 amide bonds. The van der Waals surface area contributed by atoms with Crippen molar-refractivity contribution in [3.8, 4) is 17.2 Å². The Labute approximate surface area is 105 Å². The Morgan fingerprint density at radius 2 is 2.17 bits per heavy atom. The van der Waals surface area contributed by atoms with Gasteiger partial charge in [-0.3, -0.25) is 0 Å². The number of nitrogen functional groups attached to an aromatic ring is 1. The van der Waals surface area contributed by atoms with Crippen LogP contribution in [0.25, 0.3) is 11.5 Å². The van der Waals surface area contributed by atoms with Crippen molar-refractivity contribution in [1.29, 1.82) is 0 Å². The number of anilines is 1. The first-order valence-corrected chi connectivity index (χ1v) is 5.90. The van der Waals surface area contributed by atoms with Crippen LogP contribution in [0, 0.1) is 0 Å². The first kappa shape index (κ1) is 11.1. The number of nitrogens with two attached hydrogens (primary N) is 1. The Balaban J connectivity index is 2.01. The Bertz CT molecular complexity index is 588. The lowest BCUT2D eigenvalue weighted by Gasteiger charge is -2.05. The molecule has 2 aromatic rings. The summed E-state index contributed by atoms with van der Waals surface area (Å²) in [6.45, 7) is 2.14. The summed E-state index contributed by atoms with van der Waals surface area (Å²) in [6.07, 6.45) is 2.23. The zero-order chi connectivity index (χ0) is 12.8. The van der Waals surface area contributed by atoms with Gasteiger partial charge in [0.25, 0.3) is 5.89 Å². The van der Waals surface area contributed by atoms with E-state index in [1.54, 1.807) is 19.2 Å². The molecule has 0 radical (unpaired) electrons. The number of hydrogen-bond acceptors (Lipinski definition) is 5. The lowest BCUT2D eigenvalue weighted by atomic mass is 10.1. The van der Waals surface area contributed by atoms with Gasteiger partial charge in [0.15, 0.2) is 5.82 Å². The summed E-state index contributed by atoms with van der Waals surface area (Å²) in [5, 5.41) is 4.05. The maximum atomic E-state index is 5.72. The van der Waals surface area contributed by atoms with Crippen molar-refractivity contribution in [2.45, 2.75) is 25.2 Å². The molecule has 1 aliphatic rings. The fourth-order valence-electron chi connectivity index (χ4n) is 1.87. The topological polar surface area (TPSA) is 74.2 Å². The van der Waals surface area contributed by atoms with E-state index in [-0.39, 0.29) is 5.41 Å². The quantitative estimate of drug-likeness (QED) is 0.840. The Morgan fingerprint density at radius 1 is 1.39 bits per heavy atom. The van der Waals surface area contributed by atoms with Gasteiger partial charge in [-0.25, -0.2) is 0 Å². The van der Waals surface area contributed by atoms with Crippen LogP contribution < -0.4 is 10.5 Å². The molecule has 1 heterocycles. The first-order chi connectivity index (χ1) is 8.62. The van der Waals surface area contributed by atoms with Gasteiger partial charge >= 0.3 is 0 Å². The highest BCUT2D eigenvalue weighted by atomic mass is 16.5. The van der Waals surface area contributed by atoms with Gasteiger partial charge in [-0.2, -0.15) is 4.98 Å². The SMILES string of the molecule is COc1cc(N)ccc1-c1nc(C2(C)CC2)no1. The summed E-state index contributed by atoms with van der Waals surface area (Å²) in [5.41, 5.74) is 7.23. The number of methoxy groups -OCH3 is 1. The minimum atomic E-state index is 0.1000. The standard InChI is InChI=1S/C13H15N3O2/c1-13(5-6-13)12-15-11(18-16-12)9-4-3-8(14)7-10(9)17-2/h3-4,7H,5-6,14H2,1-2H3. The van der Waals surface area contributed by atoms with Gasteiger partial charge in [-0.05, 0) is 25.0 Å². The smallest absolute Gasteiger partial charge is 0.261 e. The van der Waals surface area contributed by atoms with Crippen LogP contribution in [0.4, 0.5) is 5.69 Å². The Kier molecular flexibility index (Phi) is 2.29. The summed E-state index contributed by atoms with van der Waals surface area (Å²) in [4.78, 5) is 4.45. The van der Waals surface area contributed by atoms with E-state index < -0.39 is 0 Å². The van der Waals surface area contributed by atoms with Crippen molar-refractivity contribution in [3.63, 3.8) is 0 Å². The first-order valence-electron chi connectivity index (χ1n) is 5.90. The van der Waals surface area contributed by atoms with E-state index in [2.05, 4.69) is 17.1 Å². The highest BCUT2D eigenvalue weighted by Crippen LogP contribution is 2.46. The van der Waals surface area contributed by atoms with Gasteiger partial charge < -0.3 is 15.0 Å². The monoisotopic (exact) mass is 245 g/mol. The van der Waals surface area contributed by atoms with Gasteiger partial charge in [-0.15, -0.1) is 0 Å². The van der Waals surface area contributed by atoms with E-state index in [1.165, 1.54) is 0 Å².